The van der Waals surface area contributed by atoms with Crippen LogP contribution in [0.25, 0.3) is 21.5 Å². The van der Waals surface area contributed by atoms with Crippen LogP contribution in [0.1, 0.15) is 18.9 Å². The summed E-state index contributed by atoms with van der Waals surface area (Å²) in [4.78, 5) is 10.9. The number of fused-ring (bicyclic) bond motifs is 2. The van der Waals surface area contributed by atoms with Gasteiger partial charge in [0, 0.05) is 24.7 Å². The van der Waals surface area contributed by atoms with Crippen LogP contribution in [-0.4, -0.2) is 10.9 Å². The Hall–Kier alpha value is -2.24. The van der Waals surface area contributed by atoms with Crippen molar-refractivity contribution in [3.63, 3.8) is 0 Å². The predicted molar refractivity (Wildman–Crippen MR) is 96.1 cm³/mol. The van der Waals surface area contributed by atoms with Gasteiger partial charge in [-0.2, -0.15) is 0 Å². The molecule has 0 saturated heterocycles. The zero-order chi connectivity index (χ0) is 15.4. The maximum Gasteiger partial charge on any atom is 0.185 e. The number of thioether (sulfide) groups is 1. The van der Waals surface area contributed by atoms with Crippen LogP contribution in [0, 0.1) is 11.8 Å². The summed E-state index contributed by atoms with van der Waals surface area (Å²) in [6, 6.07) is 18.9. The molecule has 3 aromatic rings. The van der Waals surface area contributed by atoms with Crippen molar-refractivity contribution < 1.29 is 4.79 Å². The molecular formula is C20H16OS. The van der Waals surface area contributed by atoms with Gasteiger partial charge in [0.2, 0.25) is 0 Å². The Morgan fingerprint density at radius 2 is 1.59 bits per heavy atom. The molecule has 0 heterocycles. The number of hydrogen-bond donors (Lipinski definition) is 0. The van der Waals surface area contributed by atoms with Crippen molar-refractivity contribution in [1.82, 2.24) is 0 Å². The van der Waals surface area contributed by atoms with Crippen LogP contribution in [0.15, 0.2) is 54.6 Å². The lowest BCUT2D eigenvalue weighted by Gasteiger charge is -2.06. The van der Waals surface area contributed by atoms with Gasteiger partial charge in [0.15, 0.2) is 5.12 Å². The van der Waals surface area contributed by atoms with E-state index in [-0.39, 0.29) is 5.12 Å². The van der Waals surface area contributed by atoms with Crippen molar-refractivity contribution in [2.75, 3.05) is 5.75 Å². The summed E-state index contributed by atoms with van der Waals surface area (Å²) in [5, 5.41) is 4.95. The molecule has 3 rings (SSSR count). The normalized spacial score (nSPS) is 10.4. The van der Waals surface area contributed by atoms with E-state index in [9.17, 15) is 4.79 Å². The summed E-state index contributed by atoms with van der Waals surface area (Å²) in [5.41, 5.74) is 1.08. The molecule has 0 unspecified atom stereocenters. The van der Waals surface area contributed by atoms with Crippen LogP contribution in [0.4, 0.5) is 0 Å². The highest BCUT2D eigenvalue weighted by atomic mass is 32.2. The van der Waals surface area contributed by atoms with Crippen LogP contribution >= 0.6 is 11.8 Å². The highest BCUT2D eigenvalue weighted by molar-refractivity contribution is 8.13. The Morgan fingerprint density at radius 3 is 2.18 bits per heavy atom. The van der Waals surface area contributed by atoms with E-state index in [0.29, 0.717) is 0 Å². The van der Waals surface area contributed by atoms with Gasteiger partial charge in [0.1, 0.15) is 0 Å². The Kier molecular flexibility index (Phi) is 4.46. The highest BCUT2D eigenvalue weighted by Crippen LogP contribution is 2.27. The number of carbonyl (C=O) groups excluding carboxylic acids is 1. The Labute approximate surface area is 134 Å². The van der Waals surface area contributed by atoms with Crippen molar-refractivity contribution in [1.29, 1.82) is 0 Å². The minimum Gasteiger partial charge on any atom is -0.288 e. The zero-order valence-corrected chi connectivity index (χ0v) is 13.2. The van der Waals surface area contributed by atoms with Crippen molar-refractivity contribution >= 4 is 38.4 Å². The molecule has 0 saturated carbocycles. The number of hydrogen-bond acceptors (Lipinski definition) is 2. The predicted octanol–water partition coefficient (Wildman–Crippen LogP) is 5.01. The van der Waals surface area contributed by atoms with Gasteiger partial charge < -0.3 is 0 Å². The third-order valence-electron chi connectivity index (χ3n) is 3.52. The number of rotatable bonds is 2. The molecule has 0 aromatic heterocycles. The summed E-state index contributed by atoms with van der Waals surface area (Å²) < 4.78 is 0. The van der Waals surface area contributed by atoms with Crippen LogP contribution < -0.4 is 0 Å². The first kappa shape index (κ1) is 14.7. The van der Waals surface area contributed by atoms with E-state index in [1.807, 2.05) is 12.1 Å². The van der Waals surface area contributed by atoms with Gasteiger partial charge in [-0.3, -0.25) is 4.79 Å². The summed E-state index contributed by atoms with van der Waals surface area (Å²) in [6.45, 7) is 1.59. The van der Waals surface area contributed by atoms with Crippen molar-refractivity contribution in [3.05, 3.63) is 60.2 Å². The molecule has 0 fully saturated rings. The average Bonchev–Trinajstić information content (AvgIpc) is 2.53. The summed E-state index contributed by atoms with van der Waals surface area (Å²) in [7, 11) is 0. The number of benzene rings is 3. The van der Waals surface area contributed by atoms with Gasteiger partial charge in [0.05, 0.1) is 0 Å². The first-order valence-electron chi connectivity index (χ1n) is 7.28. The largest absolute Gasteiger partial charge is 0.288 e. The molecule has 0 radical (unpaired) electrons. The van der Waals surface area contributed by atoms with E-state index in [4.69, 9.17) is 0 Å². The van der Waals surface area contributed by atoms with E-state index in [0.717, 1.165) is 17.7 Å². The van der Waals surface area contributed by atoms with Crippen LogP contribution in [-0.2, 0) is 4.79 Å². The minimum absolute atomic E-state index is 0.150. The molecule has 0 amide bonds. The maximum absolute atomic E-state index is 10.9. The third-order valence-corrected chi connectivity index (χ3v) is 4.33. The lowest BCUT2D eigenvalue weighted by Crippen LogP contribution is -1.86. The molecule has 0 aliphatic rings. The first-order valence-corrected chi connectivity index (χ1v) is 8.27. The van der Waals surface area contributed by atoms with Gasteiger partial charge >= 0.3 is 0 Å². The number of carbonyl (C=O) groups is 1. The molecule has 0 spiro atoms. The summed E-state index contributed by atoms with van der Waals surface area (Å²) in [5.74, 6) is 7.30. The molecule has 0 aliphatic heterocycles. The monoisotopic (exact) mass is 304 g/mol. The SMILES string of the molecule is CC(=O)SCCC#Cc1c2ccccc2cc2ccccc12. The van der Waals surface area contributed by atoms with Gasteiger partial charge in [-0.05, 0) is 27.6 Å². The van der Waals surface area contributed by atoms with Gasteiger partial charge in [-0.1, -0.05) is 72.1 Å². The second-order valence-electron chi connectivity index (χ2n) is 5.09. The van der Waals surface area contributed by atoms with Crippen molar-refractivity contribution in [2.45, 2.75) is 13.3 Å². The molecule has 2 heteroatoms. The molecule has 0 atom stereocenters. The second kappa shape index (κ2) is 6.68. The van der Waals surface area contributed by atoms with E-state index >= 15 is 0 Å². The second-order valence-corrected chi connectivity index (χ2v) is 6.36. The maximum atomic E-state index is 10.9. The molecular weight excluding hydrogens is 288 g/mol. The smallest absolute Gasteiger partial charge is 0.185 e. The Morgan fingerprint density at radius 1 is 1.00 bits per heavy atom. The van der Waals surface area contributed by atoms with E-state index in [1.54, 1.807) is 6.92 Å². The summed E-state index contributed by atoms with van der Waals surface area (Å²) >= 11 is 1.33. The van der Waals surface area contributed by atoms with Crippen LogP contribution in [0.3, 0.4) is 0 Å². The van der Waals surface area contributed by atoms with E-state index < -0.39 is 0 Å². The fourth-order valence-electron chi connectivity index (χ4n) is 2.55. The van der Waals surface area contributed by atoms with Gasteiger partial charge in [-0.15, -0.1) is 0 Å². The van der Waals surface area contributed by atoms with Gasteiger partial charge in [-0.25, -0.2) is 0 Å². The standard InChI is InChI=1S/C20H16OS/c1-15(21)22-13-7-6-12-20-18-10-4-2-8-16(18)14-17-9-3-5-11-19(17)20/h2-5,8-11,14H,7,13H2,1H3. The third kappa shape index (κ3) is 3.16. The average molecular weight is 304 g/mol. The van der Waals surface area contributed by atoms with Crippen LogP contribution in [0.2, 0.25) is 0 Å². The topological polar surface area (TPSA) is 17.1 Å². The van der Waals surface area contributed by atoms with Crippen molar-refractivity contribution in [2.24, 2.45) is 0 Å². The Balaban J connectivity index is 2.05. The quantitative estimate of drug-likeness (QED) is 0.376. The molecule has 0 aliphatic carbocycles. The first-order chi connectivity index (χ1) is 10.8. The molecule has 22 heavy (non-hydrogen) atoms. The molecule has 3 aromatic carbocycles. The van der Waals surface area contributed by atoms with Crippen molar-refractivity contribution in [3.8, 4) is 11.8 Å². The lowest BCUT2D eigenvalue weighted by atomic mass is 9.97. The lowest BCUT2D eigenvalue weighted by molar-refractivity contribution is -0.109. The molecule has 0 N–H and O–H groups in total. The van der Waals surface area contributed by atoms with E-state index in [2.05, 4.69) is 54.3 Å². The zero-order valence-electron chi connectivity index (χ0n) is 12.4. The molecule has 108 valence electrons. The highest BCUT2D eigenvalue weighted by Gasteiger charge is 2.04. The summed E-state index contributed by atoms with van der Waals surface area (Å²) in [6.07, 6.45) is 0.724. The van der Waals surface area contributed by atoms with Gasteiger partial charge in [0.25, 0.3) is 0 Å². The minimum atomic E-state index is 0.150. The Bertz CT molecular complexity index is 846. The van der Waals surface area contributed by atoms with Crippen LogP contribution in [0.5, 0.6) is 0 Å². The molecule has 0 bridgehead atoms. The van der Waals surface area contributed by atoms with E-state index in [1.165, 1.54) is 33.3 Å². The fraction of sp³-hybridized carbons (Fsp3) is 0.150. The molecule has 1 nitrogen and oxygen atoms in total. The fourth-order valence-corrected chi connectivity index (χ4v) is 3.04.